The molecular formula is C20H26O2. The summed E-state index contributed by atoms with van der Waals surface area (Å²) in [6.45, 7) is 10.8. The molecule has 22 heavy (non-hydrogen) atoms. The summed E-state index contributed by atoms with van der Waals surface area (Å²) in [6.07, 6.45) is 5.19. The van der Waals surface area contributed by atoms with Crippen molar-refractivity contribution in [3.05, 3.63) is 40.5 Å². The zero-order valence-corrected chi connectivity index (χ0v) is 14.3. The highest BCUT2D eigenvalue weighted by molar-refractivity contribution is 6.08. The first-order valence-corrected chi connectivity index (χ1v) is 8.31. The SMILES string of the molecule is CC(C)c1cc2c(cc1O)[C@@]1(C)CCCC(C)(C)C1=CC2=O. The smallest absolute Gasteiger partial charge is 0.186 e. The van der Waals surface area contributed by atoms with Gasteiger partial charge in [-0.1, -0.05) is 46.6 Å². The molecule has 0 aromatic heterocycles. The van der Waals surface area contributed by atoms with Crippen molar-refractivity contribution in [3.8, 4) is 5.75 Å². The Morgan fingerprint density at radius 2 is 1.82 bits per heavy atom. The minimum Gasteiger partial charge on any atom is -0.508 e. The van der Waals surface area contributed by atoms with Crippen LogP contribution in [0.4, 0.5) is 0 Å². The normalized spacial score (nSPS) is 26.5. The molecule has 1 saturated carbocycles. The molecule has 0 unspecified atom stereocenters. The number of carbonyl (C=O) groups excluding carboxylic acids is 1. The second-order valence-electron chi connectivity index (χ2n) is 8.10. The highest BCUT2D eigenvalue weighted by Crippen LogP contribution is 2.55. The Hall–Kier alpha value is -1.57. The Morgan fingerprint density at radius 3 is 2.45 bits per heavy atom. The molecule has 3 rings (SSSR count). The number of ketones is 1. The molecule has 0 radical (unpaired) electrons. The van der Waals surface area contributed by atoms with Crippen molar-refractivity contribution in [1.82, 2.24) is 0 Å². The fraction of sp³-hybridized carbons (Fsp3) is 0.550. The molecule has 0 spiro atoms. The van der Waals surface area contributed by atoms with E-state index in [0.717, 1.165) is 36.0 Å². The maximum absolute atomic E-state index is 12.7. The molecule has 2 aliphatic carbocycles. The third-order valence-corrected chi connectivity index (χ3v) is 5.73. The summed E-state index contributed by atoms with van der Waals surface area (Å²) < 4.78 is 0. The summed E-state index contributed by atoms with van der Waals surface area (Å²) in [6, 6.07) is 3.77. The minimum absolute atomic E-state index is 0.0483. The number of carbonyl (C=O) groups is 1. The number of allylic oxidation sites excluding steroid dienone is 2. The van der Waals surface area contributed by atoms with E-state index in [2.05, 4.69) is 20.8 Å². The van der Waals surface area contributed by atoms with Crippen LogP contribution < -0.4 is 0 Å². The van der Waals surface area contributed by atoms with E-state index in [1.54, 1.807) is 0 Å². The van der Waals surface area contributed by atoms with Gasteiger partial charge in [0.25, 0.3) is 0 Å². The maximum atomic E-state index is 12.7. The second kappa shape index (κ2) is 4.71. The number of aromatic hydroxyl groups is 1. The van der Waals surface area contributed by atoms with E-state index in [9.17, 15) is 9.90 Å². The lowest BCUT2D eigenvalue weighted by Crippen LogP contribution is -2.41. The van der Waals surface area contributed by atoms with E-state index < -0.39 is 0 Å². The molecule has 118 valence electrons. The average Bonchev–Trinajstić information content (AvgIpc) is 2.41. The highest BCUT2D eigenvalue weighted by Gasteiger charge is 2.46. The summed E-state index contributed by atoms with van der Waals surface area (Å²) >= 11 is 0. The van der Waals surface area contributed by atoms with E-state index >= 15 is 0 Å². The van der Waals surface area contributed by atoms with Crippen LogP contribution in [0.1, 0.15) is 81.3 Å². The van der Waals surface area contributed by atoms with Gasteiger partial charge in [0.05, 0.1) is 0 Å². The molecule has 2 nitrogen and oxygen atoms in total. The topological polar surface area (TPSA) is 37.3 Å². The van der Waals surface area contributed by atoms with Gasteiger partial charge in [0.2, 0.25) is 0 Å². The van der Waals surface area contributed by atoms with Gasteiger partial charge in [-0.05, 0) is 53.5 Å². The number of hydrogen-bond donors (Lipinski definition) is 1. The summed E-state index contributed by atoms with van der Waals surface area (Å²) in [4.78, 5) is 12.7. The molecular weight excluding hydrogens is 272 g/mol. The number of rotatable bonds is 1. The lowest BCUT2D eigenvalue weighted by atomic mass is 9.55. The maximum Gasteiger partial charge on any atom is 0.186 e. The van der Waals surface area contributed by atoms with Crippen LogP contribution in [0.5, 0.6) is 5.75 Å². The molecule has 1 atom stereocenters. The minimum atomic E-state index is -0.127. The number of benzene rings is 1. The first kappa shape index (κ1) is 15.3. The van der Waals surface area contributed by atoms with Crippen molar-refractivity contribution in [2.24, 2.45) is 5.41 Å². The molecule has 2 heteroatoms. The van der Waals surface area contributed by atoms with Crippen molar-refractivity contribution in [1.29, 1.82) is 0 Å². The van der Waals surface area contributed by atoms with E-state index in [1.807, 2.05) is 32.1 Å². The predicted octanol–water partition coefficient (Wildman–Crippen LogP) is 5.11. The second-order valence-corrected chi connectivity index (χ2v) is 8.10. The summed E-state index contributed by atoms with van der Waals surface area (Å²) in [5, 5.41) is 10.4. The van der Waals surface area contributed by atoms with Crippen LogP contribution in [0.25, 0.3) is 0 Å². The number of hydrogen-bond acceptors (Lipinski definition) is 2. The van der Waals surface area contributed by atoms with Crippen LogP contribution in [-0.4, -0.2) is 10.9 Å². The molecule has 0 aliphatic heterocycles. The van der Waals surface area contributed by atoms with Crippen LogP contribution in [0.15, 0.2) is 23.8 Å². The van der Waals surface area contributed by atoms with Crippen LogP contribution >= 0.6 is 0 Å². The Morgan fingerprint density at radius 1 is 1.14 bits per heavy atom. The zero-order chi connectivity index (χ0) is 16.3. The Bertz CT molecular complexity index is 679. The Labute approximate surface area is 133 Å². The van der Waals surface area contributed by atoms with Gasteiger partial charge in [0, 0.05) is 11.0 Å². The van der Waals surface area contributed by atoms with Crippen LogP contribution in [0.2, 0.25) is 0 Å². The first-order valence-electron chi connectivity index (χ1n) is 8.31. The van der Waals surface area contributed by atoms with Crippen LogP contribution in [-0.2, 0) is 5.41 Å². The number of phenols is 1. The third kappa shape index (κ3) is 2.04. The molecule has 0 heterocycles. The molecule has 0 bridgehead atoms. The fourth-order valence-electron chi connectivity index (χ4n) is 4.47. The number of fused-ring (bicyclic) bond motifs is 3. The zero-order valence-electron chi connectivity index (χ0n) is 14.3. The van der Waals surface area contributed by atoms with Gasteiger partial charge in [-0.15, -0.1) is 0 Å². The highest BCUT2D eigenvalue weighted by atomic mass is 16.3. The monoisotopic (exact) mass is 298 g/mol. The third-order valence-electron chi connectivity index (χ3n) is 5.73. The van der Waals surface area contributed by atoms with E-state index in [4.69, 9.17) is 0 Å². The van der Waals surface area contributed by atoms with Crippen molar-refractivity contribution >= 4 is 5.78 Å². The van der Waals surface area contributed by atoms with Gasteiger partial charge in [-0.25, -0.2) is 0 Å². The van der Waals surface area contributed by atoms with Crippen molar-refractivity contribution < 1.29 is 9.90 Å². The first-order chi connectivity index (χ1) is 10.2. The van der Waals surface area contributed by atoms with Gasteiger partial charge in [0.15, 0.2) is 5.78 Å². The van der Waals surface area contributed by atoms with Crippen LogP contribution in [0.3, 0.4) is 0 Å². The van der Waals surface area contributed by atoms with Crippen molar-refractivity contribution in [2.45, 2.75) is 65.2 Å². The van der Waals surface area contributed by atoms with Gasteiger partial charge < -0.3 is 5.11 Å². The predicted molar refractivity (Wildman–Crippen MR) is 89.6 cm³/mol. The lowest BCUT2D eigenvalue weighted by molar-refractivity contribution is 0.103. The Balaban J connectivity index is 2.25. The summed E-state index contributed by atoms with van der Waals surface area (Å²) in [7, 11) is 0. The summed E-state index contributed by atoms with van der Waals surface area (Å²) in [5.74, 6) is 0.630. The van der Waals surface area contributed by atoms with E-state index in [1.165, 1.54) is 5.57 Å². The molecule has 2 aliphatic rings. The standard InChI is InChI=1S/C20H26O2/c1-12(2)13-9-14-15(10-16(13)21)20(5)8-6-7-19(3,4)18(20)11-17(14)22/h9-12,21H,6-8H2,1-5H3/t20-/m1/s1. The molecule has 1 N–H and O–H groups in total. The van der Waals surface area contributed by atoms with Gasteiger partial charge in [-0.3, -0.25) is 4.79 Å². The van der Waals surface area contributed by atoms with E-state index in [-0.39, 0.29) is 22.5 Å². The number of phenolic OH excluding ortho intramolecular Hbond substituents is 1. The van der Waals surface area contributed by atoms with E-state index in [0.29, 0.717) is 5.75 Å². The lowest BCUT2D eigenvalue weighted by Gasteiger charge is -2.48. The summed E-state index contributed by atoms with van der Waals surface area (Å²) in [5.41, 5.74) is 3.82. The quantitative estimate of drug-likeness (QED) is 0.782. The van der Waals surface area contributed by atoms with Gasteiger partial charge >= 0.3 is 0 Å². The van der Waals surface area contributed by atoms with Gasteiger partial charge in [-0.2, -0.15) is 0 Å². The average molecular weight is 298 g/mol. The van der Waals surface area contributed by atoms with Crippen LogP contribution in [0, 0.1) is 5.41 Å². The Kier molecular flexibility index (Phi) is 3.28. The van der Waals surface area contributed by atoms with Crippen molar-refractivity contribution in [2.75, 3.05) is 0 Å². The molecule has 1 aromatic rings. The molecule has 0 amide bonds. The van der Waals surface area contributed by atoms with Gasteiger partial charge in [0.1, 0.15) is 5.75 Å². The molecule has 1 fully saturated rings. The molecule has 0 saturated heterocycles. The fourth-order valence-corrected chi connectivity index (χ4v) is 4.47. The largest absolute Gasteiger partial charge is 0.508 e. The molecule has 1 aromatic carbocycles. The van der Waals surface area contributed by atoms with Crippen molar-refractivity contribution in [3.63, 3.8) is 0 Å².